The van der Waals surface area contributed by atoms with Crippen LogP contribution in [0.1, 0.15) is 42.5 Å². The lowest BCUT2D eigenvalue weighted by Gasteiger charge is -2.39. The van der Waals surface area contributed by atoms with Crippen LogP contribution in [-0.2, 0) is 24.3 Å². The van der Waals surface area contributed by atoms with Crippen LogP contribution in [0.25, 0.3) is 11.0 Å². The molecule has 4 heterocycles. The minimum absolute atomic E-state index is 0.158. The van der Waals surface area contributed by atoms with E-state index >= 15 is 0 Å². The van der Waals surface area contributed by atoms with Crippen molar-refractivity contribution in [3.05, 3.63) is 108 Å². The topological polar surface area (TPSA) is 96.1 Å². The molecule has 0 bridgehead atoms. The van der Waals surface area contributed by atoms with E-state index in [1.165, 1.54) is 5.56 Å². The zero-order valence-electron chi connectivity index (χ0n) is 29.9. The van der Waals surface area contributed by atoms with Crippen LogP contribution in [0.3, 0.4) is 0 Å². The molecule has 7 rings (SSSR count). The quantitative estimate of drug-likeness (QED) is 0.141. The minimum atomic E-state index is -0.158. The average molecular weight is 689 g/mol. The predicted octanol–water partition coefficient (Wildman–Crippen LogP) is 6.51. The summed E-state index contributed by atoms with van der Waals surface area (Å²) in [5, 5.41) is 0. The van der Waals surface area contributed by atoms with Gasteiger partial charge in [-0.1, -0.05) is 48.5 Å². The molecule has 10 heteroatoms. The second-order valence-electron chi connectivity index (χ2n) is 14.0. The van der Waals surface area contributed by atoms with Gasteiger partial charge in [-0.2, -0.15) is 0 Å². The summed E-state index contributed by atoms with van der Waals surface area (Å²) in [5.74, 6) is 2.83. The Morgan fingerprint density at radius 3 is 2.29 bits per heavy atom. The first-order valence-electron chi connectivity index (χ1n) is 17.9. The summed E-state index contributed by atoms with van der Waals surface area (Å²) in [5.41, 5.74) is 5.13. The Kier molecular flexibility index (Phi) is 10.4. The Balaban J connectivity index is 1.04. The molecule has 51 heavy (non-hydrogen) atoms. The van der Waals surface area contributed by atoms with E-state index in [-0.39, 0.29) is 11.3 Å². The molecule has 2 fully saturated rings. The minimum Gasteiger partial charge on any atom is -0.493 e. The van der Waals surface area contributed by atoms with Crippen molar-refractivity contribution < 1.29 is 19.0 Å². The molecular weight excluding hydrogens is 640 g/mol. The number of piperidine rings is 1. The molecule has 0 spiro atoms. The fourth-order valence-electron chi connectivity index (χ4n) is 7.94. The predicted molar refractivity (Wildman–Crippen MR) is 199 cm³/mol. The van der Waals surface area contributed by atoms with E-state index < -0.39 is 0 Å². The molecule has 1 amide bonds. The second-order valence-corrected chi connectivity index (χ2v) is 14.0. The number of imidazole rings is 1. The highest BCUT2D eigenvalue weighted by atomic mass is 16.5. The molecule has 3 aromatic carbocycles. The van der Waals surface area contributed by atoms with Gasteiger partial charge in [-0.05, 0) is 79.8 Å². The van der Waals surface area contributed by atoms with Crippen molar-refractivity contribution in [1.82, 2.24) is 24.8 Å². The van der Waals surface area contributed by atoms with Gasteiger partial charge in [0.1, 0.15) is 0 Å². The number of nitrogens with one attached hydrogen (secondary N) is 1. The number of pyridine rings is 1. The molecule has 1 atom stereocenters. The van der Waals surface area contributed by atoms with E-state index in [0.717, 1.165) is 73.6 Å². The average Bonchev–Trinajstić information content (AvgIpc) is 3.73. The monoisotopic (exact) mass is 688 g/mol. The number of benzene rings is 3. The Labute approximate surface area is 300 Å². The van der Waals surface area contributed by atoms with Crippen molar-refractivity contribution in [2.75, 3.05) is 52.4 Å². The second kappa shape index (κ2) is 15.4. The Bertz CT molecular complexity index is 1850. The van der Waals surface area contributed by atoms with Gasteiger partial charge in [0.25, 0.3) is 0 Å². The van der Waals surface area contributed by atoms with Gasteiger partial charge in [0.05, 0.1) is 44.6 Å². The maximum atomic E-state index is 13.7. The number of para-hydroxylation sites is 2. The highest BCUT2D eigenvalue weighted by molar-refractivity contribution is 5.80. The van der Waals surface area contributed by atoms with Crippen LogP contribution in [0.2, 0.25) is 0 Å². The number of anilines is 1. The van der Waals surface area contributed by atoms with E-state index in [0.29, 0.717) is 49.3 Å². The number of H-pyrrole nitrogens is 1. The number of aromatic nitrogens is 3. The molecule has 2 aliphatic rings. The number of ether oxygens (including phenoxy) is 3. The molecule has 266 valence electrons. The first-order valence-corrected chi connectivity index (χ1v) is 17.9. The number of rotatable bonds is 14. The molecule has 2 saturated heterocycles. The number of carbonyl (C=O) groups excluding carboxylic acids is 1. The number of likely N-dealkylation sites (tertiary alicyclic amines) is 2. The zero-order valence-corrected chi connectivity index (χ0v) is 29.9. The molecular formula is C41H48N6O4. The Morgan fingerprint density at radius 2 is 1.61 bits per heavy atom. The van der Waals surface area contributed by atoms with Gasteiger partial charge in [0, 0.05) is 50.3 Å². The van der Waals surface area contributed by atoms with Crippen LogP contribution in [0.15, 0.2) is 91.1 Å². The van der Waals surface area contributed by atoms with Crippen molar-refractivity contribution in [3.8, 4) is 17.2 Å². The summed E-state index contributed by atoms with van der Waals surface area (Å²) < 4.78 is 16.7. The van der Waals surface area contributed by atoms with Crippen molar-refractivity contribution in [3.63, 3.8) is 0 Å². The number of fused-ring (bicyclic) bond motifs is 1. The number of carbonyl (C=O) groups is 1. The summed E-state index contributed by atoms with van der Waals surface area (Å²) in [6.45, 7) is 4.84. The Hall–Kier alpha value is -5.09. The molecule has 5 aromatic rings. The van der Waals surface area contributed by atoms with Gasteiger partial charge in [-0.3, -0.25) is 9.78 Å². The van der Waals surface area contributed by atoms with Crippen LogP contribution in [0.4, 0.5) is 5.95 Å². The van der Waals surface area contributed by atoms with Gasteiger partial charge < -0.3 is 33.9 Å². The summed E-state index contributed by atoms with van der Waals surface area (Å²) in [6, 6.07) is 29.2. The smallest absolute Gasteiger partial charge is 0.223 e. The highest BCUT2D eigenvalue weighted by Crippen LogP contribution is 2.42. The molecule has 2 aliphatic heterocycles. The van der Waals surface area contributed by atoms with Crippen LogP contribution in [0.5, 0.6) is 17.2 Å². The lowest BCUT2D eigenvalue weighted by Crippen LogP contribution is -2.46. The third-order valence-corrected chi connectivity index (χ3v) is 10.6. The molecule has 0 saturated carbocycles. The standard InChI is InChI=1S/C41H48N6O4/c1-49-36-23-31(24-37(50-2)39(36)51-3)27-46-29-41(26-38(46)48,25-30-11-5-4-6-12-30)18-22-45-20-16-33(17-21-45)47(28-32-13-9-10-19-42-32)40-43-34-14-7-8-15-35(34)44-40/h4-15,19,23-24,33H,16-18,20-22,25-29H2,1-3H3,(H,43,44). The largest absolute Gasteiger partial charge is 0.493 e. The lowest BCUT2D eigenvalue weighted by atomic mass is 9.77. The van der Waals surface area contributed by atoms with E-state index in [2.05, 4.69) is 68.3 Å². The molecule has 10 nitrogen and oxygen atoms in total. The Morgan fingerprint density at radius 1 is 0.882 bits per heavy atom. The van der Waals surface area contributed by atoms with Crippen molar-refractivity contribution >= 4 is 22.9 Å². The van der Waals surface area contributed by atoms with Gasteiger partial charge >= 0.3 is 0 Å². The van der Waals surface area contributed by atoms with Crippen LogP contribution in [0, 0.1) is 5.41 Å². The molecule has 0 aliphatic carbocycles. The van der Waals surface area contributed by atoms with Gasteiger partial charge in [-0.15, -0.1) is 0 Å². The maximum absolute atomic E-state index is 13.7. The van der Waals surface area contributed by atoms with Crippen LogP contribution < -0.4 is 19.1 Å². The van der Waals surface area contributed by atoms with E-state index in [9.17, 15) is 4.79 Å². The fourth-order valence-corrected chi connectivity index (χ4v) is 7.94. The number of nitrogens with zero attached hydrogens (tertiary/aromatic N) is 5. The first-order chi connectivity index (χ1) is 25.0. The van der Waals surface area contributed by atoms with Crippen molar-refractivity contribution in [2.24, 2.45) is 5.41 Å². The van der Waals surface area contributed by atoms with Crippen molar-refractivity contribution in [1.29, 1.82) is 0 Å². The molecule has 0 radical (unpaired) electrons. The number of methoxy groups -OCH3 is 3. The van der Waals surface area contributed by atoms with E-state index in [1.807, 2.05) is 47.5 Å². The molecule has 1 N–H and O–H groups in total. The van der Waals surface area contributed by atoms with Crippen LogP contribution >= 0.6 is 0 Å². The summed E-state index contributed by atoms with van der Waals surface area (Å²) in [7, 11) is 4.84. The zero-order chi connectivity index (χ0) is 35.2. The number of aromatic amines is 1. The third-order valence-electron chi connectivity index (χ3n) is 10.6. The summed E-state index contributed by atoms with van der Waals surface area (Å²) in [6.07, 6.45) is 6.27. The van der Waals surface area contributed by atoms with Crippen molar-refractivity contribution in [2.45, 2.75) is 51.2 Å². The number of amides is 1. The SMILES string of the molecule is COc1cc(CN2CC(CCN3CCC(N(Cc4ccccn4)c4nc5ccccc5[nH]4)CC3)(Cc3ccccc3)CC2=O)cc(OC)c1OC. The van der Waals surface area contributed by atoms with Gasteiger partial charge in [0.15, 0.2) is 11.5 Å². The summed E-state index contributed by atoms with van der Waals surface area (Å²) in [4.78, 5) is 34.0. The van der Waals surface area contributed by atoms with Gasteiger partial charge in [0.2, 0.25) is 17.6 Å². The van der Waals surface area contributed by atoms with E-state index in [4.69, 9.17) is 19.2 Å². The number of hydrogen-bond donors (Lipinski definition) is 1. The maximum Gasteiger partial charge on any atom is 0.223 e. The fraction of sp³-hybridized carbons (Fsp3) is 0.390. The lowest BCUT2D eigenvalue weighted by molar-refractivity contribution is -0.128. The molecule has 1 unspecified atom stereocenters. The first kappa shape index (κ1) is 34.4. The van der Waals surface area contributed by atoms with E-state index in [1.54, 1.807) is 21.3 Å². The molecule has 2 aromatic heterocycles. The van der Waals surface area contributed by atoms with Crippen LogP contribution in [-0.4, -0.2) is 84.2 Å². The van der Waals surface area contributed by atoms with Gasteiger partial charge in [-0.25, -0.2) is 4.98 Å². The number of hydrogen-bond acceptors (Lipinski definition) is 8. The highest BCUT2D eigenvalue weighted by Gasteiger charge is 2.43. The normalized spacial score (nSPS) is 18.3. The third kappa shape index (κ3) is 7.81. The summed E-state index contributed by atoms with van der Waals surface area (Å²) >= 11 is 0.